The molecule has 0 aliphatic heterocycles. The van der Waals surface area contributed by atoms with Crippen LogP contribution in [0.2, 0.25) is 0 Å². The third kappa shape index (κ3) is 4.67. The van der Waals surface area contributed by atoms with Gasteiger partial charge in [0.05, 0.1) is 25.3 Å². The molecule has 9 nitrogen and oxygen atoms in total. The molecule has 0 radical (unpaired) electrons. The molecule has 2 aromatic carbocycles. The van der Waals surface area contributed by atoms with Gasteiger partial charge in [-0.15, -0.1) is 0 Å². The maximum absolute atomic E-state index is 11.7. The molecule has 2 aromatic heterocycles. The van der Waals surface area contributed by atoms with Gasteiger partial charge in [0, 0.05) is 24.4 Å². The van der Waals surface area contributed by atoms with Crippen molar-refractivity contribution in [2.24, 2.45) is 0 Å². The lowest BCUT2D eigenvalue weighted by Crippen LogP contribution is -2.12. The maximum Gasteiger partial charge on any atom is 0.339 e. The fourth-order valence-corrected chi connectivity index (χ4v) is 3.66. The number of carboxylic acid groups (broad SMARTS) is 1. The summed E-state index contributed by atoms with van der Waals surface area (Å²) in [6.07, 6.45) is 3.24. The van der Waals surface area contributed by atoms with E-state index in [4.69, 9.17) is 15.2 Å². The predicted molar refractivity (Wildman–Crippen MR) is 127 cm³/mol. The summed E-state index contributed by atoms with van der Waals surface area (Å²) in [5.74, 6) is 0.929. The summed E-state index contributed by atoms with van der Waals surface area (Å²) in [6.45, 7) is 0.557. The highest BCUT2D eigenvalue weighted by molar-refractivity contribution is 5.93. The first-order chi connectivity index (χ1) is 16.0. The first kappa shape index (κ1) is 21.9. The number of ether oxygens (including phenoxy) is 2. The number of nitrogens with one attached hydrogen (secondary N) is 1. The number of nitrogens with two attached hydrogens (primary N) is 1. The Hall–Kier alpha value is -4.27. The Balaban J connectivity index is 1.59. The number of benzene rings is 2. The number of nitrogens with zero attached hydrogens (tertiary/aromatic N) is 3. The van der Waals surface area contributed by atoms with Crippen LogP contribution in [0, 0.1) is 0 Å². The van der Waals surface area contributed by atoms with Crippen LogP contribution in [-0.2, 0) is 6.42 Å². The zero-order valence-electron chi connectivity index (χ0n) is 18.4. The summed E-state index contributed by atoms with van der Waals surface area (Å²) in [7, 11) is 3.13. The second kappa shape index (κ2) is 9.47. The quantitative estimate of drug-likeness (QED) is 0.262. The number of methoxy groups -OCH3 is 2. The van der Waals surface area contributed by atoms with Crippen LogP contribution >= 0.6 is 0 Å². The monoisotopic (exact) mass is 447 g/mol. The lowest BCUT2D eigenvalue weighted by Gasteiger charge is -2.12. The van der Waals surface area contributed by atoms with Crippen molar-refractivity contribution in [3.63, 3.8) is 0 Å². The molecule has 0 unspecified atom stereocenters. The molecule has 4 aromatic rings. The van der Waals surface area contributed by atoms with E-state index in [0.717, 1.165) is 29.6 Å². The minimum Gasteiger partial charge on any atom is -0.493 e. The lowest BCUT2D eigenvalue weighted by atomic mass is 10.1. The van der Waals surface area contributed by atoms with Crippen molar-refractivity contribution in [3.05, 3.63) is 66.0 Å². The van der Waals surface area contributed by atoms with Gasteiger partial charge in [0.25, 0.3) is 0 Å². The van der Waals surface area contributed by atoms with E-state index in [1.54, 1.807) is 37.2 Å². The number of hydrogen-bond donors (Lipinski definition) is 3. The van der Waals surface area contributed by atoms with E-state index in [1.165, 1.54) is 6.07 Å². The van der Waals surface area contributed by atoms with Crippen LogP contribution < -0.4 is 20.5 Å². The number of fused-ring (bicyclic) bond motifs is 1. The van der Waals surface area contributed by atoms with Gasteiger partial charge in [-0.3, -0.25) is 4.57 Å². The number of imidazole rings is 1. The SMILES string of the molecule is COc1cc2ncn(-c3ccc(C(=O)O)c(NCCCc4cccc(N)c4)n3)c2cc1OC. The van der Waals surface area contributed by atoms with Crippen molar-refractivity contribution < 1.29 is 19.4 Å². The highest BCUT2D eigenvalue weighted by atomic mass is 16.5. The van der Waals surface area contributed by atoms with Crippen molar-refractivity contribution >= 4 is 28.5 Å². The van der Waals surface area contributed by atoms with Crippen LogP contribution in [0.3, 0.4) is 0 Å². The van der Waals surface area contributed by atoms with E-state index in [1.807, 2.05) is 30.3 Å². The molecule has 0 amide bonds. The highest BCUT2D eigenvalue weighted by Crippen LogP contribution is 2.32. The summed E-state index contributed by atoms with van der Waals surface area (Å²) in [5, 5.41) is 12.8. The zero-order valence-corrected chi connectivity index (χ0v) is 18.4. The van der Waals surface area contributed by atoms with Gasteiger partial charge in [-0.2, -0.15) is 0 Å². The topological polar surface area (TPSA) is 125 Å². The lowest BCUT2D eigenvalue weighted by molar-refractivity contribution is 0.0697. The van der Waals surface area contributed by atoms with E-state index in [9.17, 15) is 9.90 Å². The van der Waals surface area contributed by atoms with E-state index in [0.29, 0.717) is 35.2 Å². The summed E-state index contributed by atoms with van der Waals surface area (Å²) in [5.41, 5.74) is 9.25. The number of aryl methyl sites for hydroxylation is 1. The zero-order chi connectivity index (χ0) is 23.4. The molecule has 0 fully saturated rings. The summed E-state index contributed by atoms with van der Waals surface area (Å²) in [6, 6.07) is 14.5. The molecule has 0 aliphatic rings. The van der Waals surface area contributed by atoms with Crippen molar-refractivity contribution in [1.29, 1.82) is 0 Å². The van der Waals surface area contributed by atoms with Gasteiger partial charge in [0.15, 0.2) is 11.5 Å². The molecule has 9 heteroatoms. The average Bonchev–Trinajstić information content (AvgIpc) is 3.23. The van der Waals surface area contributed by atoms with Crippen LogP contribution in [0.25, 0.3) is 16.9 Å². The smallest absolute Gasteiger partial charge is 0.339 e. The standard InChI is InChI=1S/C24H25N5O4/c1-32-20-12-18-19(13-21(20)33-2)29(14-27-18)22-9-8-17(24(30)31)23(28-22)26-10-4-6-15-5-3-7-16(25)11-15/h3,5,7-9,11-14H,4,6,10,25H2,1-2H3,(H,26,28)(H,30,31). The Bertz CT molecular complexity index is 1300. The second-order valence-electron chi connectivity index (χ2n) is 7.46. The number of aromatic carboxylic acids is 1. The third-order valence-electron chi connectivity index (χ3n) is 5.30. The van der Waals surface area contributed by atoms with Crippen LogP contribution in [0.15, 0.2) is 54.9 Å². The number of anilines is 2. The summed E-state index contributed by atoms with van der Waals surface area (Å²) < 4.78 is 12.5. The van der Waals surface area contributed by atoms with E-state index < -0.39 is 5.97 Å². The van der Waals surface area contributed by atoms with Gasteiger partial charge >= 0.3 is 5.97 Å². The maximum atomic E-state index is 11.7. The van der Waals surface area contributed by atoms with Crippen molar-refractivity contribution in [3.8, 4) is 17.3 Å². The molecule has 4 N–H and O–H groups in total. The van der Waals surface area contributed by atoms with Crippen molar-refractivity contribution in [1.82, 2.24) is 14.5 Å². The number of pyridine rings is 1. The molecule has 0 spiro atoms. The molecule has 0 atom stereocenters. The molecule has 0 aliphatic carbocycles. The van der Waals surface area contributed by atoms with Gasteiger partial charge in [0.1, 0.15) is 23.5 Å². The molecular weight excluding hydrogens is 422 g/mol. The number of nitrogen functional groups attached to an aromatic ring is 1. The number of carboxylic acids is 1. The Morgan fingerprint density at radius 3 is 2.64 bits per heavy atom. The minimum absolute atomic E-state index is 0.103. The van der Waals surface area contributed by atoms with Crippen LogP contribution in [0.4, 0.5) is 11.5 Å². The Morgan fingerprint density at radius 1 is 1.12 bits per heavy atom. The first-order valence-electron chi connectivity index (χ1n) is 10.4. The Morgan fingerprint density at radius 2 is 1.91 bits per heavy atom. The minimum atomic E-state index is -1.05. The number of carbonyl (C=O) groups is 1. The average molecular weight is 447 g/mol. The number of hydrogen-bond acceptors (Lipinski definition) is 7. The van der Waals surface area contributed by atoms with Gasteiger partial charge in [-0.25, -0.2) is 14.8 Å². The molecule has 33 heavy (non-hydrogen) atoms. The van der Waals surface area contributed by atoms with Crippen LogP contribution in [0.5, 0.6) is 11.5 Å². The number of rotatable bonds is 9. The fourth-order valence-electron chi connectivity index (χ4n) is 3.66. The van der Waals surface area contributed by atoms with Gasteiger partial charge in [0.2, 0.25) is 0 Å². The van der Waals surface area contributed by atoms with E-state index >= 15 is 0 Å². The third-order valence-corrected chi connectivity index (χ3v) is 5.30. The van der Waals surface area contributed by atoms with Gasteiger partial charge in [-0.1, -0.05) is 12.1 Å². The van der Waals surface area contributed by atoms with Gasteiger partial charge in [-0.05, 0) is 42.7 Å². The Labute approximate surface area is 190 Å². The van der Waals surface area contributed by atoms with Crippen molar-refractivity contribution in [2.75, 3.05) is 31.8 Å². The predicted octanol–water partition coefficient (Wildman–Crippen LogP) is 3.76. The molecule has 4 rings (SSSR count). The van der Waals surface area contributed by atoms with E-state index in [-0.39, 0.29) is 5.56 Å². The first-order valence-corrected chi connectivity index (χ1v) is 10.4. The molecule has 0 saturated heterocycles. The van der Waals surface area contributed by atoms with E-state index in [2.05, 4.69) is 15.3 Å². The largest absolute Gasteiger partial charge is 0.493 e. The van der Waals surface area contributed by atoms with Gasteiger partial charge < -0.3 is 25.6 Å². The van der Waals surface area contributed by atoms with Crippen molar-refractivity contribution in [2.45, 2.75) is 12.8 Å². The molecule has 0 saturated carbocycles. The normalized spacial score (nSPS) is 10.8. The fraction of sp³-hybridized carbons (Fsp3) is 0.208. The molecule has 0 bridgehead atoms. The number of aromatic nitrogens is 3. The van der Waals surface area contributed by atoms with Crippen LogP contribution in [0.1, 0.15) is 22.3 Å². The Kier molecular flexibility index (Phi) is 6.30. The molecular formula is C24H25N5O4. The molecule has 2 heterocycles. The highest BCUT2D eigenvalue weighted by Gasteiger charge is 2.16. The van der Waals surface area contributed by atoms with Crippen LogP contribution in [-0.4, -0.2) is 46.4 Å². The summed E-state index contributed by atoms with van der Waals surface area (Å²) >= 11 is 0. The molecule has 170 valence electrons. The summed E-state index contributed by atoms with van der Waals surface area (Å²) in [4.78, 5) is 20.7. The second-order valence-corrected chi connectivity index (χ2v) is 7.46.